The standard InChI is InChI=1S/C13H20N2O2S/c1-2-6-11-9-15(10-13(11)14)18(16,17)12-7-4-3-5-8-12/h3-5,7-8,11,13H,2,6,9-10,14H2,1H3/t11-,13-/m1/s1. The lowest BCUT2D eigenvalue weighted by Crippen LogP contribution is -2.32. The molecule has 1 aliphatic rings. The number of benzene rings is 1. The molecule has 1 saturated heterocycles. The molecule has 0 amide bonds. The first kappa shape index (κ1) is 13.5. The van der Waals surface area contributed by atoms with Crippen molar-refractivity contribution < 1.29 is 8.42 Å². The van der Waals surface area contributed by atoms with Crippen LogP contribution in [0.4, 0.5) is 0 Å². The van der Waals surface area contributed by atoms with Gasteiger partial charge in [0.05, 0.1) is 4.90 Å². The zero-order chi connectivity index (χ0) is 13.2. The molecule has 1 aliphatic heterocycles. The highest BCUT2D eigenvalue weighted by molar-refractivity contribution is 7.89. The highest BCUT2D eigenvalue weighted by atomic mass is 32.2. The Kier molecular flexibility index (Phi) is 4.04. The van der Waals surface area contributed by atoms with E-state index in [0.29, 0.717) is 18.0 Å². The number of hydrogen-bond acceptors (Lipinski definition) is 3. The zero-order valence-corrected chi connectivity index (χ0v) is 11.4. The maximum absolute atomic E-state index is 12.4. The summed E-state index contributed by atoms with van der Waals surface area (Å²) in [6, 6.07) is 8.53. The van der Waals surface area contributed by atoms with Crippen LogP contribution >= 0.6 is 0 Å². The van der Waals surface area contributed by atoms with Crippen LogP contribution in [0.1, 0.15) is 19.8 Å². The Labute approximate surface area is 109 Å². The van der Waals surface area contributed by atoms with Gasteiger partial charge >= 0.3 is 0 Å². The van der Waals surface area contributed by atoms with Gasteiger partial charge in [-0.15, -0.1) is 0 Å². The Balaban J connectivity index is 2.18. The van der Waals surface area contributed by atoms with Crippen molar-refractivity contribution in [3.05, 3.63) is 30.3 Å². The highest BCUT2D eigenvalue weighted by Gasteiger charge is 2.36. The third kappa shape index (κ3) is 2.58. The van der Waals surface area contributed by atoms with Gasteiger partial charge in [0.2, 0.25) is 10.0 Å². The number of rotatable bonds is 4. The summed E-state index contributed by atoms with van der Waals surface area (Å²) in [6.07, 6.45) is 2.03. The number of sulfonamides is 1. The fourth-order valence-corrected chi connectivity index (χ4v) is 4.02. The van der Waals surface area contributed by atoms with E-state index < -0.39 is 10.0 Å². The zero-order valence-electron chi connectivity index (χ0n) is 10.6. The first-order valence-corrected chi connectivity index (χ1v) is 7.80. The quantitative estimate of drug-likeness (QED) is 0.898. The molecule has 0 radical (unpaired) electrons. The monoisotopic (exact) mass is 268 g/mol. The molecule has 5 heteroatoms. The molecule has 1 heterocycles. The molecule has 2 N–H and O–H groups in total. The Morgan fingerprint density at radius 2 is 1.94 bits per heavy atom. The second-order valence-electron chi connectivity index (χ2n) is 4.85. The minimum absolute atomic E-state index is 0.0385. The number of nitrogens with zero attached hydrogens (tertiary/aromatic N) is 1. The third-order valence-corrected chi connectivity index (χ3v) is 5.34. The van der Waals surface area contributed by atoms with Crippen LogP contribution in [0.2, 0.25) is 0 Å². The van der Waals surface area contributed by atoms with Crippen molar-refractivity contribution in [2.75, 3.05) is 13.1 Å². The summed E-state index contributed by atoms with van der Waals surface area (Å²) in [4.78, 5) is 0.356. The predicted octanol–water partition coefficient (Wildman–Crippen LogP) is 1.43. The minimum atomic E-state index is -3.37. The summed E-state index contributed by atoms with van der Waals surface area (Å²) >= 11 is 0. The van der Waals surface area contributed by atoms with Gasteiger partial charge in [-0.25, -0.2) is 8.42 Å². The number of hydrogen-bond donors (Lipinski definition) is 1. The Morgan fingerprint density at radius 1 is 1.28 bits per heavy atom. The van der Waals surface area contributed by atoms with Gasteiger partial charge in [0, 0.05) is 19.1 Å². The first-order chi connectivity index (χ1) is 8.55. The van der Waals surface area contributed by atoms with Crippen LogP contribution in [0.25, 0.3) is 0 Å². The van der Waals surface area contributed by atoms with E-state index in [4.69, 9.17) is 5.73 Å². The summed E-state index contributed by atoms with van der Waals surface area (Å²) in [5.41, 5.74) is 6.02. The minimum Gasteiger partial charge on any atom is -0.326 e. The molecule has 0 aromatic heterocycles. The SMILES string of the molecule is CCC[C@@H]1CN(S(=O)(=O)c2ccccc2)C[C@H]1N. The van der Waals surface area contributed by atoms with E-state index in [2.05, 4.69) is 6.92 Å². The first-order valence-electron chi connectivity index (χ1n) is 6.36. The summed E-state index contributed by atoms with van der Waals surface area (Å²) in [5, 5.41) is 0. The highest BCUT2D eigenvalue weighted by Crippen LogP contribution is 2.26. The summed E-state index contributed by atoms with van der Waals surface area (Å²) < 4.78 is 26.3. The summed E-state index contributed by atoms with van der Waals surface area (Å²) in [5.74, 6) is 0.286. The van der Waals surface area contributed by atoms with Gasteiger partial charge in [-0.05, 0) is 24.5 Å². The average molecular weight is 268 g/mol. The maximum Gasteiger partial charge on any atom is 0.243 e. The van der Waals surface area contributed by atoms with Crippen molar-refractivity contribution in [2.24, 2.45) is 11.7 Å². The van der Waals surface area contributed by atoms with Gasteiger partial charge in [-0.3, -0.25) is 0 Å². The van der Waals surface area contributed by atoms with E-state index in [9.17, 15) is 8.42 Å². The molecule has 4 nitrogen and oxygen atoms in total. The molecule has 2 rings (SSSR count). The van der Waals surface area contributed by atoms with Gasteiger partial charge < -0.3 is 5.73 Å². The lowest BCUT2D eigenvalue weighted by atomic mass is 9.99. The second-order valence-corrected chi connectivity index (χ2v) is 6.79. The van der Waals surface area contributed by atoms with Gasteiger partial charge in [0.1, 0.15) is 0 Å². The predicted molar refractivity (Wildman–Crippen MR) is 71.6 cm³/mol. The molecule has 2 atom stereocenters. The maximum atomic E-state index is 12.4. The molecule has 0 aliphatic carbocycles. The van der Waals surface area contributed by atoms with Crippen LogP contribution in [0.15, 0.2) is 35.2 Å². The molecule has 0 spiro atoms. The Bertz CT molecular complexity index is 487. The van der Waals surface area contributed by atoms with Crippen molar-refractivity contribution in [3.8, 4) is 0 Å². The van der Waals surface area contributed by atoms with Gasteiger partial charge in [0.25, 0.3) is 0 Å². The molecule has 100 valence electrons. The van der Waals surface area contributed by atoms with Crippen molar-refractivity contribution in [1.29, 1.82) is 0 Å². The second kappa shape index (κ2) is 5.38. The van der Waals surface area contributed by atoms with Gasteiger partial charge in [-0.2, -0.15) is 4.31 Å². The lowest BCUT2D eigenvalue weighted by Gasteiger charge is -2.16. The molecule has 0 bridgehead atoms. The van der Waals surface area contributed by atoms with Gasteiger partial charge in [0.15, 0.2) is 0 Å². The average Bonchev–Trinajstić information content (AvgIpc) is 2.73. The van der Waals surface area contributed by atoms with Crippen LogP contribution in [-0.2, 0) is 10.0 Å². The van der Waals surface area contributed by atoms with Gasteiger partial charge in [-0.1, -0.05) is 31.5 Å². The molecule has 1 aromatic rings. The number of nitrogens with two attached hydrogens (primary N) is 1. The van der Waals surface area contributed by atoms with Crippen molar-refractivity contribution in [1.82, 2.24) is 4.31 Å². The van der Waals surface area contributed by atoms with Crippen molar-refractivity contribution in [2.45, 2.75) is 30.7 Å². The summed E-state index contributed by atoms with van der Waals surface area (Å²) in [6.45, 7) is 3.08. The molecule has 0 unspecified atom stereocenters. The van der Waals surface area contributed by atoms with E-state index in [1.807, 2.05) is 6.07 Å². The fourth-order valence-electron chi connectivity index (χ4n) is 2.47. The van der Waals surface area contributed by atoms with E-state index in [1.165, 1.54) is 4.31 Å². The lowest BCUT2D eigenvalue weighted by molar-refractivity contribution is 0.439. The molecule has 1 aromatic carbocycles. The topological polar surface area (TPSA) is 63.4 Å². The normalized spacial score (nSPS) is 25.4. The third-order valence-electron chi connectivity index (χ3n) is 3.50. The van der Waals surface area contributed by atoms with Crippen LogP contribution in [0.5, 0.6) is 0 Å². The van der Waals surface area contributed by atoms with Crippen LogP contribution in [0.3, 0.4) is 0 Å². The fraction of sp³-hybridized carbons (Fsp3) is 0.538. The molecule has 0 saturated carbocycles. The smallest absolute Gasteiger partial charge is 0.243 e. The van der Waals surface area contributed by atoms with Crippen LogP contribution in [0, 0.1) is 5.92 Å². The van der Waals surface area contributed by atoms with E-state index >= 15 is 0 Å². The van der Waals surface area contributed by atoms with Crippen LogP contribution in [-0.4, -0.2) is 31.9 Å². The van der Waals surface area contributed by atoms with E-state index in [0.717, 1.165) is 12.8 Å². The Hall–Kier alpha value is -0.910. The largest absolute Gasteiger partial charge is 0.326 e. The molecule has 1 fully saturated rings. The molecular weight excluding hydrogens is 248 g/mol. The van der Waals surface area contributed by atoms with E-state index in [1.54, 1.807) is 24.3 Å². The van der Waals surface area contributed by atoms with E-state index in [-0.39, 0.29) is 12.0 Å². The molecular formula is C13H20N2O2S. The Morgan fingerprint density at radius 3 is 2.56 bits per heavy atom. The molecule has 18 heavy (non-hydrogen) atoms. The van der Waals surface area contributed by atoms with Crippen molar-refractivity contribution in [3.63, 3.8) is 0 Å². The summed E-state index contributed by atoms with van der Waals surface area (Å²) in [7, 11) is -3.37. The van der Waals surface area contributed by atoms with Crippen molar-refractivity contribution >= 4 is 10.0 Å². The van der Waals surface area contributed by atoms with Crippen LogP contribution < -0.4 is 5.73 Å².